The van der Waals surface area contributed by atoms with Gasteiger partial charge < -0.3 is 14.8 Å². The van der Waals surface area contributed by atoms with Gasteiger partial charge in [0.15, 0.2) is 0 Å². The average Bonchev–Trinajstić information content (AvgIpc) is 3.05. The second-order valence-corrected chi connectivity index (χ2v) is 6.84. The fourth-order valence-electron chi connectivity index (χ4n) is 3.37. The van der Waals surface area contributed by atoms with Crippen molar-refractivity contribution in [2.24, 2.45) is 0 Å². The number of aromatic amines is 1. The molecule has 0 spiro atoms. The van der Waals surface area contributed by atoms with E-state index < -0.39 is 6.04 Å². The maximum atomic E-state index is 13.2. The lowest BCUT2D eigenvalue weighted by atomic mass is 10.0. The summed E-state index contributed by atoms with van der Waals surface area (Å²) in [4.78, 5) is 36.9. The summed E-state index contributed by atoms with van der Waals surface area (Å²) in [6.07, 6.45) is 2.61. The summed E-state index contributed by atoms with van der Waals surface area (Å²) >= 11 is 0. The Kier molecular flexibility index (Phi) is 5.40. The van der Waals surface area contributed by atoms with Gasteiger partial charge >= 0.3 is 0 Å². The number of aromatic nitrogens is 2. The van der Waals surface area contributed by atoms with E-state index in [-0.39, 0.29) is 11.8 Å². The Balaban J connectivity index is 1.87. The van der Waals surface area contributed by atoms with E-state index >= 15 is 0 Å². The van der Waals surface area contributed by atoms with Gasteiger partial charge in [-0.05, 0) is 13.3 Å². The molecule has 1 aliphatic rings. The van der Waals surface area contributed by atoms with E-state index in [1.54, 1.807) is 16.8 Å². The van der Waals surface area contributed by atoms with Gasteiger partial charge in [0, 0.05) is 31.4 Å². The minimum atomic E-state index is -0.391. The summed E-state index contributed by atoms with van der Waals surface area (Å²) in [6, 6.07) is 9.34. The SMILES string of the molecule is CCCC[C@H]1C(=O)N(C)CCN1C(=O)c1nc(-c2ccccc2)[nH]c1C. The first-order valence-corrected chi connectivity index (χ1v) is 9.21. The molecule has 3 rings (SSSR count). The zero-order valence-electron chi connectivity index (χ0n) is 15.7. The smallest absolute Gasteiger partial charge is 0.275 e. The Morgan fingerprint density at radius 2 is 2.00 bits per heavy atom. The van der Waals surface area contributed by atoms with Crippen LogP contribution in [-0.4, -0.2) is 57.8 Å². The highest BCUT2D eigenvalue weighted by Gasteiger charge is 2.37. The number of imidazole rings is 1. The van der Waals surface area contributed by atoms with Crippen molar-refractivity contribution < 1.29 is 9.59 Å². The quantitative estimate of drug-likeness (QED) is 0.898. The fourth-order valence-corrected chi connectivity index (χ4v) is 3.37. The predicted molar refractivity (Wildman–Crippen MR) is 101 cm³/mol. The minimum Gasteiger partial charge on any atom is -0.342 e. The maximum Gasteiger partial charge on any atom is 0.275 e. The summed E-state index contributed by atoms with van der Waals surface area (Å²) in [5.41, 5.74) is 2.07. The van der Waals surface area contributed by atoms with Crippen LogP contribution in [-0.2, 0) is 4.79 Å². The van der Waals surface area contributed by atoms with Crippen LogP contribution in [0.5, 0.6) is 0 Å². The van der Waals surface area contributed by atoms with Crippen LogP contribution in [0.2, 0.25) is 0 Å². The number of piperazine rings is 1. The highest BCUT2D eigenvalue weighted by molar-refractivity contribution is 5.98. The second kappa shape index (κ2) is 7.72. The molecule has 0 bridgehead atoms. The zero-order chi connectivity index (χ0) is 18.7. The van der Waals surface area contributed by atoms with Gasteiger partial charge in [0.25, 0.3) is 5.91 Å². The van der Waals surface area contributed by atoms with Crippen LogP contribution in [0.25, 0.3) is 11.4 Å². The number of hydrogen-bond acceptors (Lipinski definition) is 3. The third kappa shape index (κ3) is 3.49. The number of carbonyl (C=O) groups excluding carboxylic acids is 2. The monoisotopic (exact) mass is 354 g/mol. The van der Waals surface area contributed by atoms with Gasteiger partial charge in [0.1, 0.15) is 17.6 Å². The molecule has 138 valence electrons. The summed E-state index contributed by atoms with van der Waals surface area (Å²) in [5.74, 6) is 0.537. The zero-order valence-corrected chi connectivity index (χ0v) is 15.7. The number of aryl methyl sites for hydroxylation is 1. The van der Waals surface area contributed by atoms with Crippen LogP contribution in [0.1, 0.15) is 42.4 Å². The predicted octanol–water partition coefficient (Wildman–Crippen LogP) is 2.86. The Morgan fingerprint density at radius 3 is 2.69 bits per heavy atom. The number of likely N-dealkylation sites (N-methyl/N-ethyl adjacent to an activating group) is 1. The number of nitrogens with zero attached hydrogens (tertiary/aromatic N) is 3. The Bertz CT molecular complexity index is 784. The molecule has 26 heavy (non-hydrogen) atoms. The first-order chi connectivity index (χ1) is 12.5. The normalized spacial score (nSPS) is 17.7. The third-order valence-corrected chi connectivity index (χ3v) is 4.94. The van der Waals surface area contributed by atoms with Crippen molar-refractivity contribution in [2.45, 2.75) is 39.2 Å². The lowest BCUT2D eigenvalue weighted by Gasteiger charge is -2.39. The molecule has 1 N–H and O–H groups in total. The Hall–Kier alpha value is -2.63. The van der Waals surface area contributed by atoms with Crippen LogP contribution >= 0.6 is 0 Å². The highest BCUT2D eigenvalue weighted by Crippen LogP contribution is 2.22. The van der Waals surface area contributed by atoms with Gasteiger partial charge in [-0.1, -0.05) is 50.1 Å². The molecule has 1 atom stereocenters. The molecule has 2 amide bonds. The van der Waals surface area contributed by atoms with Crippen molar-refractivity contribution in [3.63, 3.8) is 0 Å². The molecule has 0 unspecified atom stereocenters. The van der Waals surface area contributed by atoms with Crippen LogP contribution in [0.15, 0.2) is 30.3 Å². The van der Waals surface area contributed by atoms with Gasteiger partial charge in [-0.2, -0.15) is 0 Å². The molecular formula is C20H26N4O2. The highest BCUT2D eigenvalue weighted by atomic mass is 16.2. The summed E-state index contributed by atoms with van der Waals surface area (Å²) in [6.45, 7) is 5.05. The van der Waals surface area contributed by atoms with Crippen molar-refractivity contribution in [1.82, 2.24) is 19.8 Å². The Labute approximate surface area is 154 Å². The van der Waals surface area contributed by atoms with Gasteiger partial charge in [-0.15, -0.1) is 0 Å². The van der Waals surface area contributed by atoms with Crippen molar-refractivity contribution in [3.05, 3.63) is 41.7 Å². The van der Waals surface area contributed by atoms with Crippen molar-refractivity contribution in [2.75, 3.05) is 20.1 Å². The number of unbranched alkanes of at least 4 members (excludes halogenated alkanes) is 1. The standard InChI is InChI=1S/C20H26N4O2/c1-4-5-11-16-19(25)23(3)12-13-24(16)20(26)17-14(2)21-18(22-17)15-9-7-6-8-10-15/h6-10,16H,4-5,11-13H2,1-3H3,(H,21,22)/t16-/m0/s1. The van der Waals surface area contributed by atoms with Crippen LogP contribution in [0, 0.1) is 6.92 Å². The first-order valence-electron chi connectivity index (χ1n) is 9.21. The van der Waals surface area contributed by atoms with E-state index in [1.807, 2.05) is 37.3 Å². The minimum absolute atomic E-state index is 0.0227. The molecule has 2 aromatic rings. The van der Waals surface area contributed by atoms with Gasteiger partial charge in [0.2, 0.25) is 5.91 Å². The van der Waals surface area contributed by atoms with Crippen molar-refractivity contribution in [1.29, 1.82) is 0 Å². The van der Waals surface area contributed by atoms with E-state index in [4.69, 9.17) is 0 Å². The molecule has 1 aromatic carbocycles. The van der Waals surface area contributed by atoms with E-state index in [9.17, 15) is 9.59 Å². The molecule has 1 aliphatic heterocycles. The fraction of sp³-hybridized carbons (Fsp3) is 0.450. The summed E-state index contributed by atoms with van der Waals surface area (Å²) < 4.78 is 0. The van der Waals surface area contributed by atoms with E-state index in [0.717, 1.165) is 24.1 Å². The van der Waals surface area contributed by atoms with Crippen LogP contribution in [0.3, 0.4) is 0 Å². The largest absolute Gasteiger partial charge is 0.342 e. The van der Waals surface area contributed by atoms with E-state index in [0.29, 0.717) is 31.0 Å². The first kappa shape index (κ1) is 18.2. The summed E-state index contributed by atoms with van der Waals surface area (Å²) in [5, 5.41) is 0. The number of rotatable bonds is 5. The van der Waals surface area contributed by atoms with Crippen molar-refractivity contribution in [3.8, 4) is 11.4 Å². The lowest BCUT2D eigenvalue weighted by molar-refractivity contribution is -0.138. The third-order valence-electron chi connectivity index (χ3n) is 4.94. The molecule has 6 nitrogen and oxygen atoms in total. The number of carbonyl (C=O) groups is 2. The average molecular weight is 354 g/mol. The van der Waals surface area contributed by atoms with Crippen LogP contribution in [0.4, 0.5) is 0 Å². The van der Waals surface area contributed by atoms with E-state index in [1.165, 1.54) is 0 Å². The molecule has 1 aromatic heterocycles. The molecule has 2 heterocycles. The Morgan fingerprint density at radius 1 is 1.27 bits per heavy atom. The number of amides is 2. The summed E-state index contributed by atoms with van der Waals surface area (Å²) in [7, 11) is 1.80. The number of nitrogens with one attached hydrogen (secondary N) is 1. The second-order valence-electron chi connectivity index (χ2n) is 6.84. The molecular weight excluding hydrogens is 328 g/mol. The van der Waals surface area contributed by atoms with Gasteiger partial charge in [-0.3, -0.25) is 9.59 Å². The van der Waals surface area contributed by atoms with Crippen LogP contribution < -0.4 is 0 Å². The molecule has 0 saturated carbocycles. The molecule has 1 saturated heterocycles. The topological polar surface area (TPSA) is 69.3 Å². The molecule has 1 fully saturated rings. The molecule has 0 aliphatic carbocycles. The van der Waals surface area contributed by atoms with Gasteiger partial charge in [0.05, 0.1) is 0 Å². The van der Waals surface area contributed by atoms with Gasteiger partial charge in [-0.25, -0.2) is 4.98 Å². The number of hydrogen-bond donors (Lipinski definition) is 1. The van der Waals surface area contributed by atoms with E-state index in [2.05, 4.69) is 16.9 Å². The molecule has 0 radical (unpaired) electrons. The van der Waals surface area contributed by atoms with Crippen molar-refractivity contribution >= 4 is 11.8 Å². The molecule has 6 heteroatoms. The maximum absolute atomic E-state index is 13.2. The number of benzene rings is 1. The number of H-pyrrole nitrogens is 1. The lowest BCUT2D eigenvalue weighted by Crippen LogP contribution is -2.57.